The number of hydrogen-bond donors (Lipinski definition) is 1. The van der Waals surface area contributed by atoms with Gasteiger partial charge in [-0.2, -0.15) is 0 Å². The number of carbonyl (C=O) groups excluding carboxylic acids is 2. The summed E-state index contributed by atoms with van der Waals surface area (Å²) in [5, 5.41) is 2.48. The van der Waals surface area contributed by atoms with Crippen molar-refractivity contribution < 1.29 is 23.1 Å². The molecule has 0 bridgehead atoms. The number of halogens is 2. The van der Waals surface area contributed by atoms with Crippen molar-refractivity contribution in [1.29, 1.82) is 0 Å². The average molecular weight is 349 g/mol. The van der Waals surface area contributed by atoms with Crippen LogP contribution in [-0.2, 0) is 20.7 Å². The standard InChI is InChI=1S/C19H21F2NO3/c1-3-5-6-7-8-18(23)22-17(19(24)25-9-4-2)12-14-10-15(20)13-16(21)11-14/h2,7-8,10-11,13,17H,3,5-6,9,12H2,1H3,(H,22,23)/b8-7+/t17-/m0/s1. The molecular formula is C19H21F2NO3. The minimum Gasteiger partial charge on any atom is -0.451 e. The maximum Gasteiger partial charge on any atom is 0.329 e. The van der Waals surface area contributed by atoms with E-state index in [-0.39, 0.29) is 18.6 Å². The van der Waals surface area contributed by atoms with Gasteiger partial charge in [0.15, 0.2) is 6.61 Å². The maximum atomic E-state index is 13.3. The summed E-state index contributed by atoms with van der Waals surface area (Å²) in [6.45, 7) is 1.78. The Hall–Kier alpha value is -2.68. The summed E-state index contributed by atoms with van der Waals surface area (Å²) < 4.78 is 31.4. The zero-order chi connectivity index (χ0) is 18.7. The largest absolute Gasteiger partial charge is 0.451 e. The van der Waals surface area contributed by atoms with Crippen LogP contribution < -0.4 is 5.32 Å². The van der Waals surface area contributed by atoms with Gasteiger partial charge in [-0.1, -0.05) is 31.8 Å². The summed E-state index contributed by atoms with van der Waals surface area (Å²) in [5.74, 6) is -0.643. The van der Waals surface area contributed by atoms with Gasteiger partial charge in [0, 0.05) is 12.5 Å². The van der Waals surface area contributed by atoms with Crippen molar-refractivity contribution in [3.8, 4) is 12.3 Å². The lowest BCUT2D eigenvalue weighted by Crippen LogP contribution is -2.42. The number of ether oxygens (including phenoxy) is 1. The van der Waals surface area contributed by atoms with E-state index >= 15 is 0 Å². The predicted octanol–water partition coefficient (Wildman–Crippen LogP) is 2.91. The van der Waals surface area contributed by atoms with Gasteiger partial charge in [0.2, 0.25) is 5.91 Å². The molecule has 1 atom stereocenters. The summed E-state index contributed by atoms with van der Waals surface area (Å²) in [7, 11) is 0. The number of rotatable bonds is 9. The molecule has 1 amide bonds. The smallest absolute Gasteiger partial charge is 0.329 e. The van der Waals surface area contributed by atoms with Gasteiger partial charge < -0.3 is 10.1 Å². The molecule has 0 aliphatic rings. The van der Waals surface area contributed by atoms with E-state index in [9.17, 15) is 18.4 Å². The third kappa shape index (κ3) is 8.11. The first-order chi connectivity index (χ1) is 12.0. The van der Waals surface area contributed by atoms with Crippen molar-refractivity contribution in [3.05, 3.63) is 47.5 Å². The Labute approximate surface area is 146 Å². The van der Waals surface area contributed by atoms with Gasteiger partial charge in [-0.3, -0.25) is 4.79 Å². The summed E-state index contributed by atoms with van der Waals surface area (Å²) in [6, 6.07) is 1.81. The first kappa shape index (κ1) is 20.4. The fourth-order valence-corrected chi connectivity index (χ4v) is 2.10. The number of hydrogen-bond acceptors (Lipinski definition) is 3. The minimum absolute atomic E-state index is 0.118. The Bertz CT molecular complexity index is 645. The van der Waals surface area contributed by atoms with Gasteiger partial charge >= 0.3 is 5.97 Å². The van der Waals surface area contributed by atoms with E-state index in [0.717, 1.165) is 37.5 Å². The summed E-state index contributed by atoms with van der Waals surface area (Å²) in [6.07, 6.45) is 10.6. The molecule has 0 fully saturated rings. The van der Waals surface area contributed by atoms with Crippen LogP contribution in [0, 0.1) is 24.0 Å². The van der Waals surface area contributed by atoms with Crippen LogP contribution in [0.5, 0.6) is 0 Å². The van der Waals surface area contributed by atoms with Crippen molar-refractivity contribution in [3.63, 3.8) is 0 Å². The van der Waals surface area contributed by atoms with Gasteiger partial charge in [-0.25, -0.2) is 13.6 Å². The number of unbranched alkanes of at least 4 members (excludes halogenated alkanes) is 2. The lowest BCUT2D eigenvalue weighted by Gasteiger charge is -2.16. The highest BCUT2D eigenvalue weighted by atomic mass is 19.1. The van der Waals surface area contributed by atoms with E-state index in [1.54, 1.807) is 6.08 Å². The number of benzene rings is 1. The third-order valence-corrected chi connectivity index (χ3v) is 3.25. The van der Waals surface area contributed by atoms with Crippen LogP contribution >= 0.6 is 0 Å². The zero-order valence-corrected chi connectivity index (χ0v) is 14.1. The van der Waals surface area contributed by atoms with Crippen LogP contribution in [0.4, 0.5) is 8.78 Å². The van der Waals surface area contributed by atoms with E-state index in [0.29, 0.717) is 0 Å². The second kappa shape index (κ2) is 11.0. The van der Waals surface area contributed by atoms with Crippen molar-refractivity contribution in [2.24, 2.45) is 0 Å². The molecule has 0 aliphatic carbocycles. The molecule has 134 valence electrons. The molecule has 0 saturated carbocycles. The van der Waals surface area contributed by atoms with E-state index in [1.165, 1.54) is 6.08 Å². The van der Waals surface area contributed by atoms with Crippen molar-refractivity contribution in [2.45, 2.75) is 38.6 Å². The Kier molecular flexibility index (Phi) is 8.94. The van der Waals surface area contributed by atoms with Crippen molar-refractivity contribution >= 4 is 11.9 Å². The van der Waals surface area contributed by atoms with Gasteiger partial charge in [0.25, 0.3) is 0 Å². The highest BCUT2D eigenvalue weighted by Crippen LogP contribution is 2.11. The normalized spacial score (nSPS) is 11.8. The fraction of sp³-hybridized carbons (Fsp3) is 0.368. The molecule has 0 radical (unpaired) electrons. The first-order valence-electron chi connectivity index (χ1n) is 7.98. The van der Waals surface area contributed by atoms with E-state index in [2.05, 4.69) is 11.2 Å². The molecule has 25 heavy (non-hydrogen) atoms. The highest BCUT2D eigenvalue weighted by Gasteiger charge is 2.22. The maximum absolute atomic E-state index is 13.3. The third-order valence-electron chi connectivity index (χ3n) is 3.25. The Morgan fingerprint density at radius 3 is 2.60 bits per heavy atom. The van der Waals surface area contributed by atoms with E-state index in [1.807, 2.05) is 6.92 Å². The molecule has 0 saturated heterocycles. The second-order valence-corrected chi connectivity index (χ2v) is 5.40. The number of esters is 1. The number of carbonyl (C=O) groups is 2. The summed E-state index contributed by atoms with van der Waals surface area (Å²) in [4.78, 5) is 24.0. The van der Waals surface area contributed by atoms with Gasteiger partial charge in [-0.05, 0) is 30.2 Å². The molecule has 0 heterocycles. The molecule has 6 heteroatoms. The molecule has 0 aliphatic heterocycles. The monoisotopic (exact) mass is 349 g/mol. The minimum atomic E-state index is -1.10. The van der Waals surface area contributed by atoms with Gasteiger partial charge in [-0.15, -0.1) is 6.42 Å². The molecular weight excluding hydrogens is 328 g/mol. The number of amides is 1. The van der Waals surface area contributed by atoms with Crippen molar-refractivity contribution in [2.75, 3.05) is 6.61 Å². The quantitative estimate of drug-likeness (QED) is 0.323. The molecule has 1 aromatic rings. The van der Waals surface area contributed by atoms with Crippen LogP contribution in [0.25, 0.3) is 0 Å². The lowest BCUT2D eigenvalue weighted by atomic mass is 10.1. The molecule has 0 unspecified atom stereocenters. The molecule has 1 N–H and O–H groups in total. The van der Waals surface area contributed by atoms with Crippen LogP contribution in [-0.4, -0.2) is 24.5 Å². The number of allylic oxidation sites excluding steroid dienone is 1. The predicted molar refractivity (Wildman–Crippen MR) is 90.4 cm³/mol. The lowest BCUT2D eigenvalue weighted by molar-refractivity contribution is -0.146. The number of terminal acetylenes is 1. The molecule has 0 spiro atoms. The first-order valence-corrected chi connectivity index (χ1v) is 7.98. The summed E-state index contributed by atoms with van der Waals surface area (Å²) in [5.41, 5.74) is 0.218. The molecule has 4 nitrogen and oxygen atoms in total. The van der Waals surface area contributed by atoms with E-state index in [4.69, 9.17) is 11.2 Å². The van der Waals surface area contributed by atoms with Crippen LogP contribution in [0.1, 0.15) is 31.7 Å². The second-order valence-electron chi connectivity index (χ2n) is 5.40. The Morgan fingerprint density at radius 1 is 1.32 bits per heavy atom. The van der Waals surface area contributed by atoms with Crippen LogP contribution in [0.2, 0.25) is 0 Å². The molecule has 0 aromatic heterocycles. The Balaban J connectivity index is 2.81. The average Bonchev–Trinajstić information content (AvgIpc) is 2.55. The Morgan fingerprint density at radius 2 is 2.00 bits per heavy atom. The SMILES string of the molecule is C#CCOC(=O)[C@H](Cc1cc(F)cc(F)c1)NC(=O)/C=C/CCCC. The highest BCUT2D eigenvalue weighted by molar-refractivity contribution is 5.91. The molecule has 1 aromatic carbocycles. The topological polar surface area (TPSA) is 55.4 Å². The zero-order valence-electron chi connectivity index (χ0n) is 14.1. The summed E-state index contributed by atoms with van der Waals surface area (Å²) >= 11 is 0. The molecule has 1 rings (SSSR count). The van der Waals surface area contributed by atoms with Gasteiger partial charge in [0.05, 0.1) is 0 Å². The fourth-order valence-electron chi connectivity index (χ4n) is 2.10. The van der Waals surface area contributed by atoms with Crippen LogP contribution in [0.15, 0.2) is 30.4 Å². The van der Waals surface area contributed by atoms with E-state index < -0.39 is 29.6 Å². The number of nitrogens with one attached hydrogen (secondary N) is 1. The van der Waals surface area contributed by atoms with Crippen LogP contribution in [0.3, 0.4) is 0 Å². The van der Waals surface area contributed by atoms with Crippen molar-refractivity contribution in [1.82, 2.24) is 5.32 Å². The van der Waals surface area contributed by atoms with Gasteiger partial charge in [0.1, 0.15) is 17.7 Å².